The fourth-order valence-corrected chi connectivity index (χ4v) is 1.82. The highest BCUT2D eigenvalue weighted by Gasteiger charge is 2.07. The van der Waals surface area contributed by atoms with Crippen molar-refractivity contribution in [1.82, 2.24) is 4.98 Å². The third-order valence-corrected chi connectivity index (χ3v) is 3.03. The molecular weight excluding hydrogens is 292 g/mol. The normalized spacial score (nSPS) is 10.3. The van der Waals surface area contributed by atoms with Crippen molar-refractivity contribution in [1.29, 1.82) is 0 Å². The van der Waals surface area contributed by atoms with E-state index in [1.54, 1.807) is 30.5 Å². The average molecular weight is 312 g/mol. The van der Waals surface area contributed by atoms with E-state index in [4.69, 9.17) is 0 Å². The predicted octanol–water partition coefficient (Wildman–Crippen LogP) is 3.38. The van der Waals surface area contributed by atoms with Gasteiger partial charge in [0.05, 0.1) is 11.9 Å². The summed E-state index contributed by atoms with van der Waals surface area (Å²) in [4.78, 5) is 26.8. The highest BCUT2D eigenvalue weighted by Crippen LogP contribution is 2.18. The van der Waals surface area contributed by atoms with Gasteiger partial charge in [-0.05, 0) is 36.4 Å². The van der Waals surface area contributed by atoms with Gasteiger partial charge in [-0.1, -0.05) is 13.8 Å². The van der Waals surface area contributed by atoms with Crippen LogP contribution in [0.15, 0.2) is 42.6 Å². The molecule has 3 N–H and O–H groups in total. The van der Waals surface area contributed by atoms with Crippen molar-refractivity contribution >= 4 is 34.7 Å². The Labute approximate surface area is 135 Å². The summed E-state index contributed by atoms with van der Waals surface area (Å²) in [5, 5.41) is 8.65. The molecule has 1 aromatic carbocycles. The van der Waals surface area contributed by atoms with Crippen molar-refractivity contribution in [3.05, 3.63) is 42.6 Å². The highest BCUT2D eigenvalue weighted by molar-refractivity contribution is 5.92. The first-order valence-corrected chi connectivity index (χ1v) is 7.35. The molecule has 1 aromatic heterocycles. The molecule has 0 aliphatic rings. The first-order chi connectivity index (χ1) is 10.9. The second kappa shape index (κ2) is 7.40. The lowest BCUT2D eigenvalue weighted by atomic mass is 10.2. The van der Waals surface area contributed by atoms with Crippen LogP contribution in [0.5, 0.6) is 0 Å². The summed E-state index contributed by atoms with van der Waals surface area (Å²) in [5.74, 6) is 0.447. The summed E-state index contributed by atoms with van der Waals surface area (Å²) in [5.41, 5.74) is 2.25. The Balaban J connectivity index is 1.98. The van der Waals surface area contributed by atoms with Crippen molar-refractivity contribution in [2.24, 2.45) is 5.92 Å². The van der Waals surface area contributed by atoms with Gasteiger partial charge in [0.2, 0.25) is 11.8 Å². The lowest BCUT2D eigenvalue weighted by Gasteiger charge is -2.09. The van der Waals surface area contributed by atoms with Gasteiger partial charge in [-0.2, -0.15) is 0 Å². The van der Waals surface area contributed by atoms with Crippen LogP contribution in [0.3, 0.4) is 0 Å². The fourth-order valence-electron chi connectivity index (χ4n) is 1.82. The van der Waals surface area contributed by atoms with Crippen molar-refractivity contribution in [2.45, 2.75) is 20.8 Å². The Morgan fingerprint density at radius 3 is 2.04 bits per heavy atom. The first kappa shape index (κ1) is 16.5. The SMILES string of the molecule is CC(=O)Nc1ccc(Nc2ccc(NC(=O)C(C)C)cn2)cc1. The maximum atomic E-state index is 11.6. The molecule has 0 saturated carbocycles. The zero-order chi connectivity index (χ0) is 16.8. The van der Waals surface area contributed by atoms with E-state index < -0.39 is 0 Å². The van der Waals surface area contributed by atoms with Gasteiger partial charge >= 0.3 is 0 Å². The van der Waals surface area contributed by atoms with E-state index in [0.717, 1.165) is 11.4 Å². The fraction of sp³-hybridized carbons (Fsp3) is 0.235. The van der Waals surface area contributed by atoms with Crippen LogP contribution in [0.2, 0.25) is 0 Å². The first-order valence-electron chi connectivity index (χ1n) is 7.35. The zero-order valence-electron chi connectivity index (χ0n) is 13.4. The number of carbonyl (C=O) groups is 2. The van der Waals surface area contributed by atoms with Crippen molar-refractivity contribution in [2.75, 3.05) is 16.0 Å². The molecular formula is C17H20N4O2. The number of amides is 2. The Morgan fingerprint density at radius 1 is 0.913 bits per heavy atom. The molecule has 6 heteroatoms. The minimum Gasteiger partial charge on any atom is -0.340 e. The van der Waals surface area contributed by atoms with Crippen LogP contribution in [-0.2, 0) is 9.59 Å². The van der Waals surface area contributed by atoms with Crippen LogP contribution in [0.25, 0.3) is 0 Å². The van der Waals surface area contributed by atoms with Crippen LogP contribution < -0.4 is 16.0 Å². The van der Waals surface area contributed by atoms with Crippen molar-refractivity contribution < 1.29 is 9.59 Å². The lowest BCUT2D eigenvalue weighted by molar-refractivity contribution is -0.119. The molecule has 0 bridgehead atoms. The minimum atomic E-state index is -0.105. The number of aromatic nitrogens is 1. The molecule has 6 nitrogen and oxygen atoms in total. The van der Waals surface area contributed by atoms with Gasteiger partial charge in [0.1, 0.15) is 5.82 Å². The molecule has 0 saturated heterocycles. The number of anilines is 4. The van der Waals surface area contributed by atoms with E-state index in [9.17, 15) is 9.59 Å². The Bertz CT molecular complexity index is 679. The van der Waals surface area contributed by atoms with E-state index >= 15 is 0 Å². The predicted molar refractivity (Wildman–Crippen MR) is 91.7 cm³/mol. The molecule has 0 fully saturated rings. The highest BCUT2D eigenvalue weighted by atomic mass is 16.2. The molecule has 120 valence electrons. The minimum absolute atomic E-state index is 0.0407. The van der Waals surface area contributed by atoms with Crippen LogP contribution in [-0.4, -0.2) is 16.8 Å². The smallest absolute Gasteiger partial charge is 0.226 e. The van der Waals surface area contributed by atoms with Gasteiger partial charge in [0.25, 0.3) is 0 Å². The molecule has 0 atom stereocenters. The number of hydrogen-bond donors (Lipinski definition) is 3. The van der Waals surface area contributed by atoms with Crippen LogP contribution >= 0.6 is 0 Å². The summed E-state index contributed by atoms with van der Waals surface area (Å²) >= 11 is 0. The van der Waals surface area contributed by atoms with Crippen LogP contribution in [0.1, 0.15) is 20.8 Å². The molecule has 2 aromatic rings. The van der Waals surface area contributed by atoms with Gasteiger partial charge in [0, 0.05) is 24.2 Å². The number of carbonyl (C=O) groups excluding carboxylic acids is 2. The van der Waals surface area contributed by atoms with E-state index in [1.165, 1.54) is 6.92 Å². The number of rotatable bonds is 5. The summed E-state index contributed by atoms with van der Waals surface area (Å²) in [6, 6.07) is 10.9. The largest absolute Gasteiger partial charge is 0.340 e. The summed E-state index contributed by atoms with van der Waals surface area (Å²) < 4.78 is 0. The average Bonchev–Trinajstić information content (AvgIpc) is 2.50. The second-order valence-electron chi connectivity index (χ2n) is 5.46. The van der Waals surface area contributed by atoms with Crippen LogP contribution in [0, 0.1) is 5.92 Å². The maximum Gasteiger partial charge on any atom is 0.226 e. The topological polar surface area (TPSA) is 83.1 Å². The third-order valence-electron chi connectivity index (χ3n) is 3.03. The standard InChI is InChI=1S/C17H20N4O2/c1-11(2)17(23)21-15-8-9-16(18-10-15)20-14-6-4-13(5-7-14)19-12(3)22/h4-11H,1-3H3,(H,18,20)(H,19,22)(H,21,23). The molecule has 0 aliphatic heterocycles. The molecule has 2 amide bonds. The third kappa shape index (κ3) is 5.10. The van der Waals surface area contributed by atoms with Crippen molar-refractivity contribution in [3.8, 4) is 0 Å². The van der Waals surface area contributed by atoms with Gasteiger partial charge in [-0.15, -0.1) is 0 Å². The molecule has 0 aliphatic carbocycles. The van der Waals surface area contributed by atoms with E-state index in [2.05, 4.69) is 20.9 Å². The molecule has 2 rings (SSSR count). The van der Waals surface area contributed by atoms with Crippen LogP contribution in [0.4, 0.5) is 22.9 Å². The van der Waals surface area contributed by atoms with E-state index in [0.29, 0.717) is 11.5 Å². The second-order valence-corrected chi connectivity index (χ2v) is 5.46. The number of pyridine rings is 1. The molecule has 0 radical (unpaired) electrons. The molecule has 0 spiro atoms. The Hall–Kier alpha value is -2.89. The monoisotopic (exact) mass is 312 g/mol. The van der Waals surface area contributed by atoms with E-state index in [-0.39, 0.29) is 17.7 Å². The van der Waals surface area contributed by atoms with Gasteiger partial charge in [-0.3, -0.25) is 9.59 Å². The number of nitrogens with one attached hydrogen (secondary N) is 3. The molecule has 23 heavy (non-hydrogen) atoms. The van der Waals surface area contributed by atoms with Crippen molar-refractivity contribution in [3.63, 3.8) is 0 Å². The van der Waals surface area contributed by atoms with E-state index in [1.807, 2.05) is 26.0 Å². The lowest BCUT2D eigenvalue weighted by Crippen LogP contribution is -2.17. The molecule has 1 heterocycles. The summed E-state index contributed by atoms with van der Waals surface area (Å²) in [6.07, 6.45) is 1.61. The molecule has 0 unspecified atom stereocenters. The summed E-state index contributed by atoms with van der Waals surface area (Å²) in [6.45, 7) is 5.14. The Morgan fingerprint density at radius 2 is 1.52 bits per heavy atom. The van der Waals surface area contributed by atoms with Gasteiger partial charge < -0.3 is 16.0 Å². The number of benzene rings is 1. The maximum absolute atomic E-state index is 11.6. The number of hydrogen-bond acceptors (Lipinski definition) is 4. The number of nitrogens with zero attached hydrogens (tertiary/aromatic N) is 1. The quantitative estimate of drug-likeness (QED) is 0.790. The zero-order valence-corrected chi connectivity index (χ0v) is 13.4. The van der Waals surface area contributed by atoms with Gasteiger partial charge in [0.15, 0.2) is 0 Å². The summed E-state index contributed by atoms with van der Waals surface area (Å²) in [7, 11) is 0. The van der Waals surface area contributed by atoms with Gasteiger partial charge in [-0.25, -0.2) is 4.98 Å². The Kier molecular flexibility index (Phi) is 5.30.